The summed E-state index contributed by atoms with van der Waals surface area (Å²) in [6.45, 7) is 0.679. The van der Waals surface area contributed by atoms with Crippen molar-refractivity contribution in [3.05, 3.63) is 95.6 Å². The molecule has 4 unspecified atom stereocenters. The van der Waals surface area contributed by atoms with Crippen molar-refractivity contribution in [1.82, 2.24) is 0 Å². The number of ether oxygens (including phenoxy) is 1. The minimum Gasteiger partial charge on any atom is -0.494 e. The molecule has 0 saturated carbocycles. The van der Waals surface area contributed by atoms with Gasteiger partial charge in [-0.15, -0.1) is 0 Å². The lowest BCUT2D eigenvalue weighted by molar-refractivity contribution is -0.112. The normalized spacial score (nSPS) is 19.8. The number of carbonyl (C=O) groups is 1. The third-order valence-corrected chi connectivity index (χ3v) is 7.79. The highest BCUT2D eigenvalue weighted by Crippen LogP contribution is 2.49. The van der Waals surface area contributed by atoms with Gasteiger partial charge in [-0.25, -0.2) is 8.78 Å². The van der Waals surface area contributed by atoms with Crippen molar-refractivity contribution >= 4 is 34.6 Å². The average molecular weight is 619 g/mol. The molecule has 1 N–H and O–H groups in total. The minimum absolute atomic E-state index is 0.0438. The van der Waals surface area contributed by atoms with Crippen LogP contribution in [-0.4, -0.2) is 28.5 Å². The zero-order chi connectivity index (χ0) is 26.2. The van der Waals surface area contributed by atoms with E-state index in [1.807, 2.05) is 29.2 Å². The van der Waals surface area contributed by atoms with Crippen molar-refractivity contribution < 1.29 is 23.4 Å². The van der Waals surface area contributed by atoms with Gasteiger partial charge < -0.3 is 19.5 Å². The van der Waals surface area contributed by atoms with Crippen molar-refractivity contribution in [3.8, 4) is 5.75 Å². The van der Waals surface area contributed by atoms with E-state index >= 15 is 0 Å². The fourth-order valence-corrected chi connectivity index (χ4v) is 5.60. The molecule has 4 atom stereocenters. The highest BCUT2D eigenvalue weighted by molar-refractivity contribution is 14.1. The Morgan fingerprint density at radius 1 is 0.919 bits per heavy atom. The van der Waals surface area contributed by atoms with E-state index in [2.05, 4.69) is 22.6 Å². The fourth-order valence-electron chi connectivity index (χ4n) is 5.06. The smallest absolute Gasteiger partial charge is 0.142 e. The van der Waals surface area contributed by atoms with Crippen LogP contribution in [0.4, 0.5) is 14.5 Å². The van der Waals surface area contributed by atoms with Crippen LogP contribution in [-0.2, 0) is 4.79 Å². The first-order chi connectivity index (χ1) is 18.0. The van der Waals surface area contributed by atoms with Crippen LogP contribution in [0.2, 0.25) is 0 Å². The number of aliphatic hydroxyl groups excluding tert-OH is 1. The molecule has 0 amide bonds. The second kappa shape index (κ2) is 13.3. The highest BCUT2D eigenvalue weighted by atomic mass is 127. The van der Waals surface area contributed by atoms with Gasteiger partial charge in [0.1, 0.15) is 23.7 Å². The third-order valence-electron chi connectivity index (χ3n) is 7.03. The summed E-state index contributed by atoms with van der Waals surface area (Å²) in [5, 5.41) is 10.7. The maximum Gasteiger partial charge on any atom is 0.142 e. The maximum absolute atomic E-state index is 13.6. The molecule has 196 valence electrons. The lowest BCUT2D eigenvalue weighted by atomic mass is 9.73. The number of anilines is 1. The Morgan fingerprint density at radius 3 is 2.19 bits per heavy atom. The average Bonchev–Trinajstić information content (AvgIpc) is 2.90. The van der Waals surface area contributed by atoms with Crippen LogP contribution in [0.5, 0.6) is 5.75 Å². The van der Waals surface area contributed by atoms with Crippen LogP contribution < -0.4 is 9.64 Å². The molecule has 1 saturated heterocycles. The molecular formula is C30H32F2INO3. The Kier molecular flexibility index (Phi) is 9.91. The van der Waals surface area contributed by atoms with E-state index in [0.717, 1.165) is 40.6 Å². The minimum atomic E-state index is -0.753. The predicted octanol–water partition coefficient (Wildman–Crippen LogP) is 7.21. The van der Waals surface area contributed by atoms with E-state index in [-0.39, 0.29) is 23.6 Å². The monoisotopic (exact) mass is 619 g/mol. The van der Waals surface area contributed by atoms with E-state index in [1.165, 1.54) is 30.7 Å². The number of hydrogen-bond donors (Lipinski definition) is 1. The fraction of sp³-hybridized carbons (Fsp3) is 0.367. The van der Waals surface area contributed by atoms with Gasteiger partial charge in [0.25, 0.3) is 0 Å². The standard InChI is InChI=1S/C30H32F2INO3/c31-23-8-4-21(5-9-23)29(36)17-16-27-28(20-35)34(25-12-10-24(32)11-13-25)30(27)22-6-14-26(15-7-22)37-19-3-1-2-18-33/h4-15,20,27-30,36H,1-3,16-19H2. The molecule has 1 aliphatic rings. The number of benzene rings is 3. The van der Waals surface area contributed by atoms with E-state index in [0.29, 0.717) is 25.0 Å². The summed E-state index contributed by atoms with van der Waals surface area (Å²) in [6, 6.07) is 19.5. The van der Waals surface area contributed by atoms with Gasteiger partial charge in [-0.3, -0.25) is 0 Å². The number of rotatable bonds is 13. The van der Waals surface area contributed by atoms with Crippen LogP contribution in [0.1, 0.15) is 55.4 Å². The van der Waals surface area contributed by atoms with E-state index in [1.54, 1.807) is 24.3 Å². The molecule has 0 aromatic heterocycles. The number of alkyl halides is 1. The largest absolute Gasteiger partial charge is 0.494 e. The molecular weight excluding hydrogens is 587 g/mol. The second-order valence-electron chi connectivity index (χ2n) is 9.43. The summed E-state index contributed by atoms with van der Waals surface area (Å²) in [5.41, 5.74) is 2.45. The molecule has 1 fully saturated rings. The summed E-state index contributed by atoms with van der Waals surface area (Å²) < 4.78 is 33.9. The van der Waals surface area contributed by atoms with Gasteiger partial charge >= 0.3 is 0 Å². The molecule has 0 aliphatic carbocycles. The molecule has 4 nitrogen and oxygen atoms in total. The number of aliphatic hydroxyl groups is 1. The molecule has 0 radical (unpaired) electrons. The van der Waals surface area contributed by atoms with Gasteiger partial charge in [0, 0.05) is 11.6 Å². The molecule has 1 aliphatic heterocycles. The molecule has 4 rings (SSSR count). The number of hydrogen-bond acceptors (Lipinski definition) is 4. The van der Waals surface area contributed by atoms with E-state index < -0.39 is 12.1 Å². The van der Waals surface area contributed by atoms with E-state index in [9.17, 15) is 18.7 Å². The van der Waals surface area contributed by atoms with Crippen molar-refractivity contribution in [2.45, 2.75) is 50.3 Å². The predicted molar refractivity (Wildman–Crippen MR) is 150 cm³/mol. The molecule has 3 aromatic rings. The van der Waals surface area contributed by atoms with Crippen LogP contribution in [0.15, 0.2) is 72.8 Å². The lowest BCUT2D eigenvalue weighted by Gasteiger charge is -2.55. The van der Waals surface area contributed by atoms with Crippen molar-refractivity contribution in [2.24, 2.45) is 5.92 Å². The van der Waals surface area contributed by atoms with Crippen LogP contribution in [0.25, 0.3) is 0 Å². The Labute approximate surface area is 230 Å². The second-order valence-corrected chi connectivity index (χ2v) is 10.5. The number of nitrogens with zero attached hydrogens (tertiary/aromatic N) is 1. The zero-order valence-electron chi connectivity index (χ0n) is 20.6. The van der Waals surface area contributed by atoms with Gasteiger partial charge in [0.2, 0.25) is 0 Å². The zero-order valence-corrected chi connectivity index (χ0v) is 22.8. The Bertz CT molecular complexity index is 1130. The van der Waals surface area contributed by atoms with Gasteiger partial charge in [-0.1, -0.05) is 46.9 Å². The summed E-state index contributed by atoms with van der Waals surface area (Å²) in [7, 11) is 0. The van der Waals surface area contributed by atoms with Crippen molar-refractivity contribution in [1.29, 1.82) is 0 Å². The number of aldehydes is 1. The number of carbonyl (C=O) groups excluding carboxylic acids is 1. The lowest BCUT2D eigenvalue weighted by Crippen LogP contribution is -2.59. The number of halogens is 3. The first-order valence-electron chi connectivity index (χ1n) is 12.7. The Morgan fingerprint density at radius 2 is 1.57 bits per heavy atom. The Hall–Kier alpha value is -2.52. The van der Waals surface area contributed by atoms with Gasteiger partial charge in [0.05, 0.1) is 24.8 Å². The highest BCUT2D eigenvalue weighted by Gasteiger charge is 2.48. The van der Waals surface area contributed by atoms with Crippen LogP contribution >= 0.6 is 22.6 Å². The van der Waals surface area contributed by atoms with Crippen LogP contribution in [0, 0.1) is 17.6 Å². The van der Waals surface area contributed by atoms with Crippen LogP contribution in [0.3, 0.4) is 0 Å². The first kappa shape index (κ1) is 27.5. The number of unbranched alkanes of at least 4 members (excludes halogenated alkanes) is 2. The summed E-state index contributed by atoms with van der Waals surface area (Å²) in [6.07, 6.45) is 4.57. The van der Waals surface area contributed by atoms with Gasteiger partial charge in [-0.05, 0) is 96.2 Å². The molecule has 37 heavy (non-hydrogen) atoms. The Balaban J connectivity index is 1.50. The third kappa shape index (κ3) is 6.87. The SMILES string of the molecule is O=CC1C(CCC(O)c2ccc(F)cc2)C(c2ccc(OCCCCCI)cc2)N1c1ccc(F)cc1. The van der Waals surface area contributed by atoms with Gasteiger partial charge in [-0.2, -0.15) is 0 Å². The van der Waals surface area contributed by atoms with Gasteiger partial charge in [0.15, 0.2) is 0 Å². The molecule has 1 heterocycles. The quantitative estimate of drug-likeness (QED) is 0.0952. The van der Waals surface area contributed by atoms with Crippen molar-refractivity contribution in [2.75, 3.05) is 15.9 Å². The topological polar surface area (TPSA) is 49.8 Å². The summed E-state index contributed by atoms with van der Waals surface area (Å²) >= 11 is 2.38. The first-order valence-corrected chi connectivity index (χ1v) is 14.3. The van der Waals surface area contributed by atoms with E-state index in [4.69, 9.17) is 4.74 Å². The molecule has 3 aromatic carbocycles. The molecule has 7 heteroatoms. The summed E-state index contributed by atoms with van der Waals surface area (Å²) in [5.74, 6) is 0.0836. The molecule has 0 spiro atoms. The van der Waals surface area contributed by atoms with Crippen molar-refractivity contribution in [3.63, 3.8) is 0 Å². The molecule has 0 bridgehead atoms. The maximum atomic E-state index is 13.6. The summed E-state index contributed by atoms with van der Waals surface area (Å²) in [4.78, 5) is 14.2.